The maximum Gasteiger partial charge on any atom is 0.135 e. The minimum atomic E-state index is 0.497. The van der Waals surface area contributed by atoms with Gasteiger partial charge < -0.3 is 14.4 Å². The van der Waals surface area contributed by atoms with Crippen molar-refractivity contribution in [3.05, 3.63) is 29.2 Å². The van der Waals surface area contributed by atoms with Gasteiger partial charge in [-0.2, -0.15) is 0 Å². The molecule has 25 heavy (non-hydrogen) atoms. The molecule has 0 bridgehead atoms. The van der Waals surface area contributed by atoms with E-state index in [9.17, 15) is 0 Å². The first-order valence-corrected chi connectivity index (χ1v) is 9.25. The van der Waals surface area contributed by atoms with E-state index in [1.165, 1.54) is 17.1 Å². The van der Waals surface area contributed by atoms with E-state index >= 15 is 0 Å². The third-order valence-electron chi connectivity index (χ3n) is 5.56. The van der Waals surface area contributed by atoms with Crippen LogP contribution in [-0.2, 0) is 19.9 Å². The molecule has 134 valence electrons. The highest BCUT2D eigenvalue weighted by Gasteiger charge is 2.27. The highest BCUT2D eigenvalue weighted by molar-refractivity contribution is 5.50. The van der Waals surface area contributed by atoms with Gasteiger partial charge in [0.25, 0.3) is 0 Å². The third kappa shape index (κ3) is 3.25. The molecule has 2 aromatic heterocycles. The highest BCUT2D eigenvalue weighted by atomic mass is 15.3. The summed E-state index contributed by atoms with van der Waals surface area (Å²) >= 11 is 0. The molecule has 0 atom stereocenters. The van der Waals surface area contributed by atoms with Crippen LogP contribution >= 0.6 is 0 Å². The Bertz CT molecular complexity index is 746. The fourth-order valence-electron chi connectivity index (χ4n) is 4.08. The molecule has 0 aliphatic carbocycles. The number of piperidine rings is 1. The van der Waals surface area contributed by atoms with Crippen molar-refractivity contribution in [2.75, 3.05) is 38.1 Å². The number of aryl methyl sites for hydroxylation is 2. The van der Waals surface area contributed by atoms with E-state index in [1.807, 2.05) is 14.0 Å². The average Bonchev–Trinajstić information content (AvgIpc) is 2.95. The summed E-state index contributed by atoms with van der Waals surface area (Å²) in [4.78, 5) is 14.4. The van der Waals surface area contributed by atoms with Gasteiger partial charge in [0, 0.05) is 51.1 Å². The summed E-state index contributed by atoms with van der Waals surface area (Å²) in [6, 6.07) is 0. The average molecular weight is 341 g/mol. The lowest BCUT2D eigenvalue weighted by Gasteiger charge is -2.33. The fourth-order valence-corrected chi connectivity index (χ4v) is 4.08. The van der Waals surface area contributed by atoms with Crippen molar-refractivity contribution >= 4 is 5.82 Å². The van der Waals surface area contributed by atoms with Gasteiger partial charge in [-0.25, -0.2) is 9.97 Å². The van der Waals surface area contributed by atoms with Gasteiger partial charge in [-0.1, -0.05) is 0 Å². The van der Waals surface area contributed by atoms with Crippen molar-refractivity contribution in [1.82, 2.24) is 29.6 Å². The number of rotatable bonds is 2. The number of likely N-dealkylation sites (N-methyl/N-ethyl adjacent to an activating group) is 1. The first kappa shape index (κ1) is 16.4. The normalized spacial score (nSPS) is 19.7. The molecule has 0 N–H and O–H groups in total. The molecular weight excluding hydrogens is 314 g/mol. The van der Waals surface area contributed by atoms with Gasteiger partial charge in [0.2, 0.25) is 0 Å². The molecule has 0 amide bonds. The van der Waals surface area contributed by atoms with Gasteiger partial charge in [-0.3, -0.25) is 0 Å². The maximum atomic E-state index is 4.85. The Labute approximate surface area is 149 Å². The number of anilines is 1. The molecule has 4 rings (SSSR count). The van der Waals surface area contributed by atoms with Crippen LogP contribution in [0, 0.1) is 6.92 Å². The number of hydrogen-bond acceptors (Lipinski definition) is 6. The zero-order valence-corrected chi connectivity index (χ0v) is 15.4. The monoisotopic (exact) mass is 341 g/mol. The van der Waals surface area contributed by atoms with Crippen LogP contribution in [0.1, 0.15) is 41.7 Å². The lowest BCUT2D eigenvalue weighted by Crippen LogP contribution is -2.35. The molecule has 2 aliphatic heterocycles. The largest absolute Gasteiger partial charge is 0.356 e. The zero-order valence-electron chi connectivity index (χ0n) is 15.4. The predicted molar refractivity (Wildman–Crippen MR) is 96.9 cm³/mol. The van der Waals surface area contributed by atoms with Crippen LogP contribution in [0.2, 0.25) is 0 Å². The van der Waals surface area contributed by atoms with E-state index in [0.29, 0.717) is 5.92 Å². The van der Waals surface area contributed by atoms with E-state index < -0.39 is 0 Å². The Hall–Kier alpha value is -2.02. The molecule has 0 aromatic carbocycles. The van der Waals surface area contributed by atoms with Crippen LogP contribution in [0.25, 0.3) is 0 Å². The molecule has 2 aromatic rings. The maximum absolute atomic E-state index is 4.85. The summed E-state index contributed by atoms with van der Waals surface area (Å²) in [7, 11) is 4.23. The Kier molecular flexibility index (Phi) is 4.41. The van der Waals surface area contributed by atoms with Gasteiger partial charge in [-0.05, 0) is 33.2 Å². The van der Waals surface area contributed by atoms with E-state index in [4.69, 9.17) is 9.97 Å². The number of aromatic nitrogens is 5. The second-order valence-corrected chi connectivity index (χ2v) is 7.38. The standard InChI is InChI=1S/C18H27N7/c1-13-20-16-7-9-23(2)8-6-15(16)18(21-13)25-10-4-14(5-11-25)17-22-19-12-24(17)3/h12,14H,4-11H2,1-3H3. The lowest BCUT2D eigenvalue weighted by molar-refractivity contribution is 0.352. The minimum Gasteiger partial charge on any atom is -0.356 e. The number of fused-ring (bicyclic) bond motifs is 1. The van der Waals surface area contributed by atoms with E-state index in [-0.39, 0.29) is 0 Å². The van der Waals surface area contributed by atoms with Gasteiger partial charge >= 0.3 is 0 Å². The Morgan fingerprint density at radius 3 is 2.48 bits per heavy atom. The quantitative estimate of drug-likeness (QED) is 0.821. The van der Waals surface area contributed by atoms with E-state index in [2.05, 4.69) is 31.6 Å². The summed E-state index contributed by atoms with van der Waals surface area (Å²) in [5.41, 5.74) is 2.62. The van der Waals surface area contributed by atoms with Gasteiger partial charge in [0.15, 0.2) is 0 Å². The van der Waals surface area contributed by atoms with E-state index in [1.54, 1.807) is 6.33 Å². The molecule has 0 saturated carbocycles. The van der Waals surface area contributed by atoms with Crippen LogP contribution in [0.15, 0.2) is 6.33 Å². The van der Waals surface area contributed by atoms with Crippen molar-refractivity contribution in [1.29, 1.82) is 0 Å². The van der Waals surface area contributed by atoms with Crippen molar-refractivity contribution in [2.45, 2.75) is 38.5 Å². The summed E-state index contributed by atoms with van der Waals surface area (Å²) in [5, 5.41) is 8.34. The second-order valence-electron chi connectivity index (χ2n) is 7.38. The van der Waals surface area contributed by atoms with Crippen molar-refractivity contribution in [2.24, 2.45) is 7.05 Å². The SMILES string of the molecule is Cc1nc2c(c(N3CCC(c4nncn4C)CC3)n1)CCN(C)CC2. The fraction of sp³-hybridized carbons (Fsp3) is 0.667. The molecule has 0 spiro atoms. The first-order chi connectivity index (χ1) is 12.1. The highest BCUT2D eigenvalue weighted by Crippen LogP contribution is 2.31. The molecule has 0 unspecified atom stereocenters. The second kappa shape index (κ2) is 6.71. The van der Waals surface area contributed by atoms with Gasteiger partial charge in [0.1, 0.15) is 23.8 Å². The molecule has 1 saturated heterocycles. The van der Waals surface area contributed by atoms with Crippen LogP contribution < -0.4 is 4.90 Å². The lowest BCUT2D eigenvalue weighted by atomic mass is 9.95. The van der Waals surface area contributed by atoms with Crippen LogP contribution in [0.5, 0.6) is 0 Å². The zero-order chi connectivity index (χ0) is 17.4. The van der Waals surface area contributed by atoms with E-state index in [0.717, 1.165) is 63.5 Å². The predicted octanol–water partition coefficient (Wildman–Crippen LogP) is 1.33. The van der Waals surface area contributed by atoms with Crippen molar-refractivity contribution < 1.29 is 0 Å². The van der Waals surface area contributed by atoms with Crippen molar-refractivity contribution in [3.8, 4) is 0 Å². The smallest absolute Gasteiger partial charge is 0.135 e. The van der Waals surface area contributed by atoms with Crippen molar-refractivity contribution in [3.63, 3.8) is 0 Å². The molecule has 7 heteroatoms. The summed E-state index contributed by atoms with van der Waals surface area (Å²) in [5.74, 6) is 3.68. The molecule has 7 nitrogen and oxygen atoms in total. The summed E-state index contributed by atoms with van der Waals surface area (Å²) in [6.45, 7) is 6.23. The molecular formula is C18H27N7. The Morgan fingerprint density at radius 1 is 1.00 bits per heavy atom. The summed E-state index contributed by atoms with van der Waals surface area (Å²) in [6.07, 6.45) is 6.07. The van der Waals surface area contributed by atoms with Gasteiger partial charge in [-0.15, -0.1) is 10.2 Å². The Morgan fingerprint density at radius 2 is 1.76 bits per heavy atom. The van der Waals surface area contributed by atoms with Crippen LogP contribution in [0.3, 0.4) is 0 Å². The first-order valence-electron chi connectivity index (χ1n) is 9.25. The molecule has 2 aliphatic rings. The Balaban J connectivity index is 1.55. The summed E-state index contributed by atoms with van der Waals surface area (Å²) < 4.78 is 2.05. The van der Waals surface area contributed by atoms with Gasteiger partial charge in [0.05, 0.1) is 5.69 Å². The molecule has 4 heterocycles. The molecule has 1 fully saturated rings. The number of hydrogen-bond donors (Lipinski definition) is 0. The minimum absolute atomic E-state index is 0.497. The third-order valence-corrected chi connectivity index (χ3v) is 5.56. The molecule has 0 radical (unpaired) electrons. The van der Waals surface area contributed by atoms with Crippen LogP contribution in [0.4, 0.5) is 5.82 Å². The topological polar surface area (TPSA) is 63.0 Å². The number of nitrogens with zero attached hydrogens (tertiary/aromatic N) is 7. The van der Waals surface area contributed by atoms with Crippen LogP contribution in [-0.4, -0.2) is 62.9 Å².